The van der Waals surface area contributed by atoms with Crippen LogP contribution in [-0.2, 0) is 14.3 Å². The molecule has 1 heterocycles. The summed E-state index contributed by atoms with van der Waals surface area (Å²) < 4.78 is 17.1. The molecule has 5 rings (SSSR count). The van der Waals surface area contributed by atoms with Crippen molar-refractivity contribution in [3.05, 3.63) is 82.7 Å². The van der Waals surface area contributed by atoms with Gasteiger partial charge in [0.05, 0.1) is 25.7 Å². The zero-order valence-electron chi connectivity index (χ0n) is 21.8. The van der Waals surface area contributed by atoms with E-state index in [4.69, 9.17) is 14.2 Å². The Morgan fingerprint density at radius 1 is 0.892 bits per heavy atom. The van der Waals surface area contributed by atoms with Crippen LogP contribution in [0, 0.1) is 5.92 Å². The van der Waals surface area contributed by atoms with Gasteiger partial charge in [0.25, 0.3) is 0 Å². The zero-order valence-corrected chi connectivity index (χ0v) is 21.8. The summed E-state index contributed by atoms with van der Waals surface area (Å²) in [4.78, 5) is 27.5. The van der Waals surface area contributed by atoms with Gasteiger partial charge < -0.3 is 19.5 Å². The molecule has 0 amide bonds. The highest BCUT2D eigenvalue weighted by atomic mass is 16.5. The van der Waals surface area contributed by atoms with Crippen molar-refractivity contribution in [1.82, 2.24) is 5.32 Å². The Hall–Kier alpha value is -3.54. The van der Waals surface area contributed by atoms with E-state index in [1.165, 1.54) is 6.42 Å². The second-order valence-electron chi connectivity index (χ2n) is 10.2. The number of esters is 1. The van der Waals surface area contributed by atoms with Crippen molar-refractivity contribution in [2.75, 3.05) is 14.2 Å². The first-order chi connectivity index (χ1) is 18.0. The maximum atomic E-state index is 13.8. The third-order valence-corrected chi connectivity index (χ3v) is 7.90. The van der Waals surface area contributed by atoms with Gasteiger partial charge in [0.2, 0.25) is 0 Å². The predicted octanol–water partition coefficient (Wildman–Crippen LogP) is 5.80. The molecule has 0 bridgehead atoms. The number of benzene rings is 2. The van der Waals surface area contributed by atoms with E-state index in [1.54, 1.807) is 14.2 Å². The van der Waals surface area contributed by atoms with E-state index in [0.29, 0.717) is 23.5 Å². The molecule has 1 aliphatic heterocycles. The molecule has 0 saturated heterocycles. The van der Waals surface area contributed by atoms with Crippen molar-refractivity contribution in [2.45, 2.75) is 63.4 Å². The van der Waals surface area contributed by atoms with Crippen LogP contribution in [0.5, 0.6) is 11.5 Å². The van der Waals surface area contributed by atoms with Crippen LogP contribution < -0.4 is 14.8 Å². The van der Waals surface area contributed by atoms with E-state index >= 15 is 0 Å². The lowest BCUT2D eigenvalue weighted by Gasteiger charge is -2.40. The van der Waals surface area contributed by atoms with Crippen LogP contribution in [0.1, 0.15) is 68.4 Å². The second kappa shape index (κ2) is 10.8. The van der Waals surface area contributed by atoms with Gasteiger partial charge >= 0.3 is 5.97 Å². The Labute approximate surface area is 218 Å². The molecule has 0 aromatic heterocycles. The number of rotatable bonds is 6. The van der Waals surface area contributed by atoms with Crippen LogP contribution in [0.2, 0.25) is 0 Å². The van der Waals surface area contributed by atoms with Crippen molar-refractivity contribution in [1.29, 1.82) is 0 Å². The van der Waals surface area contributed by atoms with E-state index in [0.717, 1.165) is 48.2 Å². The first-order valence-corrected chi connectivity index (χ1v) is 13.2. The zero-order chi connectivity index (χ0) is 25.9. The molecule has 0 radical (unpaired) electrons. The van der Waals surface area contributed by atoms with Crippen molar-refractivity contribution in [3.63, 3.8) is 0 Å². The molecule has 3 unspecified atom stereocenters. The van der Waals surface area contributed by atoms with E-state index in [1.807, 2.05) is 43.3 Å². The first-order valence-electron chi connectivity index (χ1n) is 13.2. The highest BCUT2D eigenvalue weighted by Crippen LogP contribution is 2.47. The van der Waals surface area contributed by atoms with Gasteiger partial charge in [0.1, 0.15) is 11.9 Å². The van der Waals surface area contributed by atoms with Crippen LogP contribution in [0.4, 0.5) is 0 Å². The normalized spacial score (nSPS) is 24.0. The summed E-state index contributed by atoms with van der Waals surface area (Å²) in [6, 6.07) is 15.7. The maximum absolute atomic E-state index is 13.8. The van der Waals surface area contributed by atoms with Gasteiger partial charge in [0, 0.05) is 29.7 Å². The molecule has 2 aromatic carbocycles. The molecule has 1 fully saturated rings. The molecule has 6 nitrogen and oxygen atoms in total. The number of carbonyl (C=O) groups excluding carboxylic acids is 2. The van der Waals surface area contributed by atoms with Crippen LogP contribution >= 0.6 is 0 Å². The van der Waals surface area contributed by atoms with E-state index in [-0.39, 0.29) is 23.8 Å². The Morgan fingerprint density at radius 3 is 2.32 bits per heavy atom. The molecule has 6 heteroatoms. The molecule has 3 atom stereocenters. The number of methoxy groups -OCH3 is 2. The number of Topliss-reactive ketones (excluding diaryl/α,β-unsaturated/α-hetero) is 1. The van der Waals surface area contributed by atoms with E-state index < -0.39 is 11.8 Å². The molecule has 37 heavy (non-hydrogen) atoms. The summed E-state index contributed by atoms with van der Waals surface area (Å²) >= 11 is 0. The number of hydrogen-bond donors (Lipinski definition) is 1. The summed E-state index contributed by atoms with van der Waals surface area (Å²) in [5, 5.41) is 3.43. The minimum absolute atomic E-state index is 0.0120. The summed E-state index contributed by atoms with van der Waals surface area (Å²) in [6.45, 7) is 1.90. The summed E-state index contributed by atoms with van der Waals surface area (Å²) in [6.07, 6.45) is 7.56. The SMILES string of the molecule is COc1ccc(C2C(C(=O)OC3CCCCC3)=C(C)NC3=CC(c4ccccc4)CC(=O)C32)cc1OC. The largest absolute Gasteiger partial charge is 0.493 e. The lowest BCUT2D eigenvalue weighted by atomic mass is 9.68. The number of hydrogen-bond acceptors (Lipinski definition) is 6. The van der Waals surface area contributed by atoms with Gasteiger partial charge in [0.15, 0.2) is 11.5 Å². The van der Waals surface area contributed by atoms with Crippen LogP contribution in [0.25, 0.3) is 0 Å². The fraction of sp³-hybridized carbons (Fsp3) is 0.419. The third-order valence-electron chi connectivity index (χ3n) is 7.90. The van der Waals surface area contributed by atoms with Crippen molar-refractivity contribution in [2.24, 2.45) is 5.92 Å². The minimum Gasteiger partial charge on any atom is -0.493 e. The molecule has 2 aliphatic carbocycles. The smallest absolute Gasteiger partial charge is 0.336 e. The molecular weight excluding hydrogens is 466 g/mol. The molecular formula is C31H35NO5. The molecule has 0 spiro atoms. The average molecular weight is 502 g/mol. The predicted molar refractivity (Wildman–Crippen MR) is 141 cm³/mol. The highest BCUT2D eigenvalue weighted by molar-refractivity contribution is 5.96. The number of fused-ring (bicyclic) bond motifs is 1. The van der Waals surface area contributed by atoms with E-state index in [9.17, 15) is 9.59 Å². The van der Waals surface area contributed by atoms with Gasteiger partial charge in [-0.3, -0.25) is 4.79 Å². The van der Waals surface area contributed by atoms with Crippen LogP contribution in [-0.4, -0.2) is 32.1 Å². The highest BCUT2D eigenvalue weighted by Gasteiger charge is 2.45. The van der Waals surface area contributed by atoms with Crippen LogP contribution in [0.3, 0.4) is 0 Å². The Balaban J connectivity index is 1.58. The average Bonchev–Trinajstić information content (AvgIpc) is 2.92. The number of nitrogens with one attached hydrogen (secondary N) is 1. The number of ketones is 1. The Kier molecular flexibility index (Phi) is 7.36. The number of ether oxygens (including phenoxy) is 3. The second-order valence-corrected chi connectivity index (χ2v) is 10.2. The number of allylic oxidation sites excluding steroid dienone is 3. The molecule has 1 saturated carbocycles. The molecule has 3 aliphatic rings. The molecule has 194 valence electrons. The number of carbonyl (C=O) groups is 2. The van der Waals surface area contributed by atoms with Crippen molar-refractivity contribution in [3.8, 4) is 11.5 Å². The summed E-state index contributed by atoms with van der Waals surface area (Å²) in [5.41, 5.74) is 4.03. The topological polar surface area (TPSA) is 73.9 Å². The molecule has 1 N–H and O–H groups in total. The standard InChI is InChI=1S/C31H35NO5/c1-19-28(31(34)37-23-12-8-5-9-13-23)29(21-14-15-26(35-2)27(18-21)36-3)30-24(32-19)16-22(17-25(30)33)20-10-6-4-7-11-20/h4,6-7,10-11,14-16,18,22-23,29-30,32H,5,8-9,12-13,17H2,1-3H3. The minimum atomic E-state index is -0.504. The van der Waals surface area contributed by atoms with Crippen molar-refractivity contribution < 1.29 is 23.8 Å². The fourth-order valence-corrected chi connectivity index (χ4v) is 6.06. The van der Waals surface area contributed by atoms with Gasteiger partial charge in [-0.2, -0.15) is 0 Å². The Bertz CT molecular complexity index is 1230. The van der Waals surface area contributed by atoms with Gasteiger partial charge in [-0.1, -0.05) is 48.9 Å². The Morgan fingerprint density at radius 2 is 1.62 bits per heavy atom. The van der Waals surface area contributed by atoms with Crippen molar-refractivity contribution >= 4 is 11.8 Å². The quantitative estimate of drug-likeness (QED) is 0.505. The fourth-order valence-electron chi connectivity index (χ4n) is 6.06. The third kappa shape index (κ3) is 5.02. The van der Waals surface area contributed by atoms with Crippen LogP contribution in [0.15, 0.2) is 71.6 Å². The monoisotopic (exact) mass is 501 g/mol. The lowest BCUT2D eigenvalue weighted by Crippen LogP contribution is -2.42. The first kappa shape index (κ1) is 25.1. The van der Waals surface area contributed by atoms with Gasteiger partial charge in [-0.15, -0.1) is 0 Å². The lowest BCUT2D eigenvalue weighted by molar-refractivity contribution is -0.146. The summed E-state index contributed by atoms with van der Waals surface area (Å²) in [5.74, 6) is -0.0672. The van der Waals surface area contributed by atoms with E-state index in [2.05, 4.69) is 23.5 Å². The van der Waals surface area contributed by atoms with Gasteiger partial charge in [-0.25, -0.2) is 4.79 Å². The van der Waals surface area contributed by atoms with Gasteiger partial charge in [-0.05, 0) is 55.9 Å². The summed E-state index contributed by atoms with van der Waals surface area (Å²) in [7, 11) is 3.18. The molecule has 2 aromatic rings. The maximum Gasteiger partial charge on any atom is 0.336 e.